The summed E-state index contributed by atoms with van der Waals surface area (Å²) >= 11 is 4.16. The fourth-order valence-electron chi connectivity index (χ4n) is 1.02. The Morgan fingerprint density at radius 1 is 1.50 bits per heavy atom. The van der Waals surface area contributed by atoms with E-state index < -0.39 is 0 Å². The van der Waals surface area contributed by atoms with Crippen LogP contribution in [-0.2, 0) is 6.54 Å². The van der Waals surface area contributed by atoms with Crippen molar-refractivity contribution in [3.05, 3.63) is 30.1 Å². The number of nitrogens with zero attached hydrogens (tertiary/aromatic N) is 2. The molecule has 1 heterocycles. The highest BCUT2D eigenvalue weighted by Crippen LogP contribution is 1.97. The van der Waals surface area contributed by atoms with Crippen LogP contribution in [-0.4, -0.2) is 29.2 Å². The van der Waals surface area contributed by atoms with E-state index >= 15 is 0 Å². The van der Waals surface area contributed by atoms with Gasteiger partial charge in [0.05, 0.1) is 5.69 Å². The Labute approximate surface area is 79.0 Å². The molecule has 1 rings (SSSR count). The normalized spacial score (nSPS) is 10.6. The maximum atomic E-state index is 4.23. The van der Waals surface area contributed by atoms with Crippen LogP contribution in [0.5, 0.6) is 0 Å². The lowest BCUT2D eigenvalue weighted by Crippen LogP contribution is -2.20. The molecule has 0 saturated heterocycles. The van der Waals surface area contributed by atoms with Gasteiger partial charge >= 0.3 is 0 Å². The molecule has 0 bridgehead atoms. The Morgan fingerprint density at radius 2 is 2.33 bits per heavy atom. The molecule has 0 atom stereocenters. The smallest absolute Gasteiger partial charge is 0.0543 e. The summed E-state index contributed by atoms with van der Waals surface area (Å²) in [5.74, 6) is 0.892. The zero-order chi connectivity index (χ0) is 8.81. The van der Waals surface area contributed by atoms with Gasteiger partial charge in [0.2, 0.25) is 0 Å². The molecule has 3 heteroatoms. The maximum Gasteiger partial charge on any atom is 0.0543 e. The minimum Gasteiger partial charge on any atom is -0.300 e. The van der Waals surface area contributed by atoms with Gasteiger partial charge < -0.3 is 0 Å². The second-order valence-electron chi connectivity index (χ2n) is 2.78. The van der Waals surface area contributed by atoms with Gasteiger partial charge in [-0.25, -0.2) is 0 Å². The summed E-state index contributed by atoms with van der Waals surface area (Å²) in [5.41, 5.74) is 1.11. The van der Waals surface area contributed by atoms with Crippen molar-refractivity contribution in [1.82, 2.24) is 9.88 Å². The van der Waals surface area contributed by atoms with Gasteiger partial charge in [-0.1, -0.05) is 6.07 Å². The molecule has 1 aromatic rings. The van der Waals surface area contributed by atoms with Crippen molar-refractivity contribution in [2.45, 2.75) is 6.54 Å². The Morgan fingerprint density at radius 3 is 2.92 bits per heavy atom. The first-order valence-electron chi connectivity index (χ1n) is 4.02. The van der Waals surface area contributed by atoms with E-state index in [1.165, 1.54) is 0 Å². The molecule has 0 aliphatic heterocycles. The van der Waals surface area contributed by atoms with Gasteiger partial charge in [0, 0.05) is 25.0 Å². The van der Waals surface area contributed by atoms with Crippen LogP contribution < -0.4 is 0 Å². The van der Waals surface area contributed by atoms with Crippen LogP contribution in [0.1, 0.15) is 5.69 Å². The molecule has 0 spiro atoms. The third-order valence-corrected chi connectivity index (χ3v) is 1.84. The van der Waals surface area contributed by atoms with Crippen LogP contribution in [0.25, 0.3) is 0 Å². The predicted octanol–water partition coefficient (Wildman–Crippen LogP) is 1.44. The number of hydrogen-bond acceptors (Lipinski definition) is 3. The number of rotatable bonds is 4. The van der Waals surface area contributed by atoms with E-state index in [1.54, 1.807) is 0 Å². The minimum absolute atomic E-state index is 0.892. The SMILES string of the molecule is CN(CCS)Cc1ccccn1. The Kier molecular flexibility index (Phi) is 4.11. The van der Waals surface area contributed by atoms with Crippen LogP contribution in [0, 0.1) is 0 Å². The highest BCUT2D eigenvalue weighted by Gasteiger charge is 1.98. The van der Waals surface area contributed by atoms with Crippen molar-refractivity contribution in [3.63, 3.8) is 0 Å². The molecule has 0 aliphatic carbocycles. The molecule has 0 N–H and O–H groups in total. The van der Waals surface area contributed by atoms with Gasteiger partial charge in [-0.2, -0.15) is 12.6 Å². The quantitative estimate of drug-likeness (QED) is 0.709. The summed E-state index contributed by atoms with van der Waals surface area (Å²) in [4.78, 5) is 6.44. The summed E-state index contributed by atoms with van der Waals surface area (Å²) in [5, 5.41) is 0. The second kappa shape index (κ2) is 5.17. The van der Waals surface area contributed by atoms with E-state index in [0.717, 1.165) is 24.5 Å². The average Bonchev–Trinajstić information content (AvgIpc) is 2.06. The highest BCUT2D eigenvalue weighted by atomic mass is 32.1. The first kappa shape index (κ1) is 9.55. The first-order chi connectivity index (χ1) is 5.83. The summed E-state index contributed by atoms with van der Waals surface area (Å²) in [7, 11) is 2.07. The maximum absolute atomic E-state index is 4.23. The molecule has 0 aliphatic rings. The topological polar surface area (TPSA) is 16.1 Å². The molecule has 0 amide bonds. The van der Waals surface area contributed by atoms with E-state index in [9.17, 15) is 0 Å². The van der Waals surface area contributed by atoms with Crippen molar-refractivity contribution in [1.29, 1.82) is 0 Å². The van der Waals surface area contributed by atoms with Gasteiger partial charge in [0.15, 0.2) is 0 Å². The van der Waals surface area contributed by atoms with Gasteiger partial charge in [-0.15, -0.1) is 0 Å². The van der Waals surface area contributed by atoms with Crippen molar-refractivity contribution >= 4 is 12.6 Å². The zero-order valence-electron chi connectivity index (χ0n) is 7.27. The molecular weight excluding hydrogens is 168 g/mol. The van der Waals surface area contributed by atoms with Crippen LogP contribution in [0.4, 0.5) is 0 Å². The van der Waals surface area contributed by atoms with E-state index in [-0.39, 0.29) is 0 Å². The van der Waals surface area contributed by atoms with Gasteiger partial charge in [-0.3, -0.25) is 9.88 Å². The lowest BCUT2D eigenvalue weighted by molar-refractivity contribution is 0.344. The van der Waals surface area contributed by atoms with Crippen LogP contribution in [0.3, 0.4) is 0 Å². The summed E-state index contributed by atoms with van der Waals surface area (Å²) in [6, 6.07) is 5.98. The lowest BCUT2D eigenvalue weighted by Gasteiger charge is -2.13. The van der Waals surface area contributed by atoms with Gasteiger partial charge in [0.25, 0.3) is 0 Å². The van der Waals surface area contributed by atoms with E-state index in [4.69, 9.17) is 0 Å². The third-order valence-electron chi connectivity index (χ3n) is 1.64. The predicted molar refractivity (Wildman–Crippen MR) is 54.4 cm³/mol. The fraction of sp³-hybridized carbons (Fsp3) is 0.444. The van der Waals surface area contributed by atoms with Gasteiger partial charge in [-0.05, 0) is 19.2 Å². The largest absolute Gasteiger partial charge is 0.300 e. The minimum atomic E-state index is 0.892. The second-order valence-corrected chi connectivity index (χ2v) is 3.23. The summed E-state index contributed by atoms with van der Waals surface area (Å²) in [6.45, 7) is 1.90. The molecule has 12 heavy (non-hydrogen) atoms. The van der Waals surface area contributed by atoms with Crippen molar-refractivity contribution in [2.75, 3.05) is 19.3 Å². The summed E-state index contributed by atoms with van der Waals surface area (Å²) < 4.78 is 0. The lowest BCUT2D eigenvalue weighted by atomic mass is 10.3. The standard InChI is InChI=1S/C9H14N2S/c1-11(6-7-12)8-9-4-2-3-5-10-9/h2-5,12H,6-8H2,1H3. The third kappa shape index (κ3) is 3.24. The van der Waals surface area contributed by atoms with Crippen LogP contribution >= 0.6 is 12.6 Å². The molecule has 2 nitrogen and oxygen atoms in total. The number of hydrogen-bond donors (Lipinski definition) is 1. The van der Waals surface area contributed by atoms with E-state index in [0.29, 0.717) is 0 Å². The number of pyridine rings is 1. The molecule has 0 radical (unpaired) electrons. The molecule has 0 fully saturated rings. The van der Waals surface area contributed by atoms with E-state index in [1.807, 2.05) is 24.4 Å². The Hall–Kier alpha value is -0.540. The molecule has 66 valence electrons. The van der Waals surface area contributed by atoms with Gasteiger partial charge in [0.1, 0.15) is 0 Å². The molecule has 0 saturated carbocycles. The Balaban J connectivity index is 2.41. The molecule has 0 unspecified atom stereocenters. The van der Waals surface area contributed by atoms with Crippen molar-refractivity contribution in [2.24, 2.45) is 0 Å². The highest BCUT2D eigenvalue weighted by molar-refractivity contribution is 7.80. The van der Waals surface area contributed by atoms with E-state index in [2.05, 4.69) is 29.6 Å². The monoisotopic (exact) mass is 182 g/mol. The fourth-order valence-corrected chi connectivity index (χ4v) is 1.36. The molecular formula is C9H14N2S. The summed E-state index contributed by atoms with van der Waals surface area (Å²) in [6.07, 6.45) is 1.82. The van der Waals surface area contributed by atoms with Crippen molar-refractivity contribution in [3.8, 4) is 0 Å². The first-order valence-corrected chi connectivity index (χ1v) is 4.65. The van der Waals surface area contributed by atoms with Crippen LogP contribution in [0.2, 0.25) is 0 Å². The number of thiol groups is 1. The average molecular weight is 182 g/mol. The Bertz CT molecular complexity index is 213. The zero-order valence-corrected chi connectivity index (χ0v) is 8.17. The van der Waals surface area contributed by atoms with Crippen molar-refractivity contribution < 1.29 is 0 Å². The van der Waals surface area contributed by atoms with Crippen LogP contribution in [0.15, 0.2) is 24.4 Å². The molecule has 1 aromatic heterocycles. The number of aromatic nitrogens is 1. The molecule has 0 aromatic carbocycles.